The predicted molar refractivity (Wildman–Crippen MR) is 97.3 cm³/mol. The van der Waals surface area contributed by atoms with Crippen LogP contribution in [0.2, 0.25) is 0 Å². The molecule has 0 radical (unpaired) electrons. The Labute approximate surface area is 160 Å². The third kappa shape index (κ3) is 3.39. The van der Waals surface area contributed by atoms with Gasteiger partial charge >= 0.3 is 0 Å². The van der Waals surface area contributed by atoms with Crippen LogP contribution in [0.1, 0.15) is 10.4 Å². The molecule has 1 N–H and O–H groups in total. The lowest BCUT2D eigenvalue weighted by atomic mass is 10.2. The van der Waals surface area contributed by atoms with E-state index in [4.69, 9.17) is 4.52 Å². The van der Waals surface area contributed by atoms with Crippen LogP contribution < -0.4 is 5.32 Å². The highest BCUT2D eigenvalue weighted by Crippen LogP contribution is 2.34. The minimum Gasteiger partial charge on any atom is -0.333 e. The molecule has 28 heavy (non-hydrogen) atoms. The van der Waals surface area contributed by atoms with E-state index in [1.54, 1.807) is 17.5 Å². The van der Waals surface area contributed by atoms with Crippen molar-refractivity contribution in [1.29, 1.82) is 0 Å². The number of hydrogen-bond acceptors (Lipinski definition) is 5. The van der Waals surface area contributed by atoms with Gasteiger partial charge < -0.3 is 9.84 Å². The van der Waals surface area contributed by atoms with Gasteiger partial charge in [0.2, 0.25) is 5.82 Å². The fourth-order valence-corrected chi connectivity index (χ4v) is 3.25. The average molecular weight is 401 g/mol. The summed E-state index contributed by atoms with van der Waals surface area (Å²) in [7, 11) is 0. The lowest BCUT2D eigenvalue weighted by Crippen LogP contribution is -2.13. The highest BCUT2D eigenvalue weighted by atomic mass is 32.1. The summed E-state index contributed by atoms with van der Waals surface area (Å²) >= 11 is 1.22. The average Bonchev–Trinajstić information content (AvgIpc) is 3.33. The molecule has 140 valence electrons. The van der Waals surface area contributed by atoms with Gasteiger partial charge in [-0.25, -0.2) is 13.2 Å². The third-order valence-electron chi connectivity index (χ3n) is 3.83. The molecule has 0 atom stereocenters. The Bertz CT molecular complexity index is 1170. The second kappa shape index (κ2) is 7.28. The molecule has 0 bridgehead atoms. The van der Waals surface area contributed by atoms with Crippen molar-refractivity contribution in [3.63, 3.8) is 0 Å². The van der Waals surface area contributed by atoms with E-state index in [-0.39, 0.29) is 22.8 Å². The van der Waals surface area contributed by atoms with E-state index in [1.807, 2.05) is 0 Å². The van der Waals surface area contributed by atoms with Crippen LogP contribution in [-0.4, -0.2) is 16.0 Å². The Morgan fingerprint density at radius 2 is 1.82 bits per heavy atom. The molecule has 2 heterocycles. The summed E-state index contributed by atoms with van der Waals surface area (Å²) in [5, 5.41) is 8.06. The molecule has 4 rings (SSSR count). The number of anilines is 1. The summed E-state index contributed by atoms with van der Waals surface area (Å²) in [6.07, 6.45) is 0. The van der Waals surface area contributed by atoms with Crippen LogP contribution in [0.3, 0.4) is 0 Å². The first-order valence-electron chi connectivity index (χ1n) is 7.96. The lowest BCUT2D eigenvalue weighted by molar-refractivity contribution is 0.102. The molecule has 0 spiro atoms. The van der Waals surface area contributed by atoms with Crippen molar-refractivity contribution in [3.05, 3.63) is 76.9 Å². The maximum absolute atomic E-state index is 13.8. The van der Waals surface area contributed by atoms with E-state index in [9.17, 15) is 18.0 Å². The number of rotatable bonds is 4. The quantitative estimate of drug-likeness (QED) is 0.515. The molecular weight excluding hydrogens is 391 g/mol. The summed E-state index contributed by atoms with van der Waals surface area (Å²) in [5.41, 5.74) is 0.494. The largest absolute Gasteiger partial charge is 0.333 e. The minimum atomic E-state index is -1.03. The lowest BCUT2D eigenvalue weighted by Gasteiger charge is -2.05. The Morgan fingerprint density at radius 1 is 1.00 bits per heavy atom. The van der Waals surface area contributed by atoms with Crippen LogP contribution >= 0.6 is 11.3 Å². The van der Waals surface area contributed by atoms with E-state index in [0.29, 0.717) is 10.6 Å². The molecular formula is C19H10F3N3O2S. The predicted octanol–water partition coefficient (Wildman–Crippen LogP) is 5.13. The Morgan fingerprint density at radius 3 is 2.61 bits per heavy atom. The van der Waals surface area contributed by atoms with Gasteiger partial charge in [-0.2, -0.15) is 4.98 Å². The molecule has 2 aromatic heterocycles. The first-order chi connectivity index (χ1) is 13.5. The number of aromatic nitrogens is 2. The second-order valence-corrected chi connectivity index (χ2v) is 6.57. The standard InChI is InChI=1S/C19H10F3N3O2S/c20-12-4-2-1-3-11(12)18(26)23-15-7-8-28-16(15)19-24-17(25-27-19)10-5-6-13(21)14(22)9-10/h1-9H,(H,23,26). The van der Waals surface area contributed by atoms with Gasteiger partial charge in [-0.3, -0.25) is 4.79 Å². The maximum atomic E-state index is 13.8. The zero-order valence-corrected chi connectivity index (χ0v) is 14.8. The second-order valence-electron chi connectivity index (χ2n) is 5.65. The van der Waals surface area contributed by atoms with Crippen LogP contribution in [0.15, 0.2) is 58.4 Å². The highest BCUT2D eigenvalue weighted by molar-refractivity contribution is 7.14. The number of halogens is 3. The van der Waals surface area contributed by atoms with Crippen LogP contribution in [0.25, 0.3) is 22.2 Å². The van der Waals surface area contributed by atoms with E-state index in [2.05, 4.69) is 15.5 Å². The van der Waals surface area contributed by atoms with Crippen LogP contribution in [0.5, 0.6) is 0 Å². The Kier molecular flexibility index (Phi) is 4.66. The highest BCUT2D eigenvalue weighted by Gasteiger charge is 2.19. The molecule has 4 aromatic rings. The van der Waals surface area contributed by atoms with Crippen LogP contribution in [0, 0.1) is 17.5 Å². The molecule has 0 aliphatic heterocycles. The van der Waals surface area contributed by atoms with Gasteiger partial charge in [0, 0.05) is 5.56 Å². The van der Waals surface area contributed by atoms with Crippen molar-refractivity contribution in [3.8, 4) is 22.2 Å². The zero-order chi connectivity index (χ0) is 19.7. The van der Waals surface area contributed by atoms with E-state index >= 15 is 0 Å². The van der Waals surface area contributed by atoms with Crippen LogP contribution in [0.4, 0.5) is 18.9 Å². The summed E-state index contributed by atoms with van der Waals surface area (Å²) < 4.78 is 45.5. The molecule has 0 fully saturated rings. The maximum Gasteiger partial charge on any atom is 0.270 e. The number of nitrogens with one attached hydrogen (secondary N) is 1. The minimum absolute atomic E-state index is 0.0636. The number of benzene rings is 2. The molecule has 0 aliphatic carbocycles. The summed E-state index contributed by atoms with van der Waals surface area (Å²) in [6, 6.07) is 10.5. The monoisotopic (exact) mass is 401 g/mol. The molecule has 2 aromatic carbocycles. The fourth-order valence-electron chi connectivity index (χ4n) is 2.48. The zero-order valence-electron chi connectivity index (χ0n) is 13.9. The molecule has 0 aliphatic rings. The van der Waals surface area contributed by atoms with E-state index in [1.165, 1.54) is 35.6 Å². The Hall–Kier alpha value is -3.46. The van der Waals surface area contributed by atoms with Gasteiger partial charge in [0.05, 0.1) is 11.3 Å². The molecule has 5 nitrogen and oxygen atoms in total. The number of hydrogen-bond donors (Lipinski definition) is 1. The van der Waals surface area contributed by atoms with Gasteiger partial charge in [0.25, 0.3) is 11.8 Å². The molecule has 0 saturated heterocycles. The van der Waals surface area contributed by atoms with Crippen molar-refractivity contribution >= 4 is 22.9 Å². The normalized spacial score (nSPS) is 10.8. The number of nitrogens with zero attached hydrogens (tertiary/aromatic N) is 2. The fraction of sp³-hybridized carbons (Fsp3) is 0. The SMILES string of the molecule is O=C(Nc1ccsc1-c1nc(-c2ccc(F)c(F)c2)no1)c1ccccc1F. The Balaban J connectivity index is 1.61. The van der Waals surface area contributed by atoms with Gasteiger partial charge in [-0.15, -0.1) is 11.3 Å². The van der Waals surface area contributed by atoms with Crippen LogP contribution in [-0.2, 0) is 0 Å². The molecule has 9 heteroatoms. The van der Waals surface area contributed by atoms with Crippen molar-refractivity contribution in [2.24, 2.45) is 0 Å². The first kappa shape index (κ1) is 17.9. The van der Waals surface area contributed by atoms with E-state index < -0.39 is 23.4 Å². The van der Waals surface area contributed by atoms with Crippen molar-refractivity contribution in [2.45, 2.75) is 0 Å². The number of carbonyl (C=O) groups excluding carboxylic acids is 1. The van der Waals surface area contributed by atoms with Crippen molar-refractivity contribution in [2.75, 3.05) is 5.32 Å². The number of amides is 1. The van der Waals surface area contributed by atoms with Crippen molar-refractivity contribution < 1.29 is 22.5 Å². The molecule has 0 saturated carbocycles. The van der Waals surface area contributed by atoms with Crippen molar-refractivity contribution in [1.82, 2.24) is 10.1 Å². The first-order valence-corrected chi connectivity index (χ1v) is 8.84. The molecule has 0 unspecified atom stereocenters. The molecule has 1 amide bonds. The number of thiophene rings is 1. The smallest absolute Gasteiger partial charge is 0.270 e. The summed E-state index contributed by atoms with van der Waals surface area (Å²) in [6.45, 7) is 0. The summed E-state index contributed by atoms with van der Waals surface area (Å²) in [4.78, 5) is 16.9. The van der Waals surface area contributed by atoms with Gasteiger partial charge in [0.15, 0.2) is 11.6 Å². The third-order valence-corrected chi connectivity index (χ3v) is 4.73. The van der Waals surface area contributed by atoms with Gasteiger partial charge in [-0.1, -0.05) is 17.3 Å². The number of carbonyl (C=O) groups is 1. The van der Waals surface area contributed by atoms with E-state index in [0.717, 1.165) is 12.1 Å². The van der Waals surface area contributed by atoms with Gasteiger partial charge in [0.1, 0.15) is 10.7 Å². The topological polar surface area (TPSA) is 68.0 Å². The van der Waals surface area contributed by atoms with Gasteiger partial charge in [-0.05, 0) is 41.8 Å². The summed E-state index contributed by atoms with van der Waals surface area (Å²) in [5.74, 6) is -3.14.